The lowest BCUT2D eigenvalue weighted by atomic mass is 9.99. The van der Waals surface area contributed by atoms with E-state index in [2.05, 4.69) is 43.5 Å². The summed E-state index contributed by atoms with van der Waals surface area (Å²) in [5.41, 5.74) is 7.51. The first-order valence-corrected chi connectivity index (χ1v) is 8.17. The summed E-state index contributed by atoms with van der Waals surface area (Å²) in [4.78, 5) is 18.9. The number of nitrogens with one attached hydrogen (secondary N) is 2. The zero-order chi connectivity index (χ0) is 16.1. The molecule has 1 amide bonds. The van der Waals surface area contributed by atoms with Gasteiger partial charge in [-0.25, -0.2) is 5.43 Å². The molecule has 0 aromatic carbocycles. The van der Waals surface area contributed by atoms with E-state index in [1.54, 1.807) is 6.20 Å². The van der Waals surface area contributed by atoms with Gasteiger partial charge in [-0.15, -0.1) is 0 Å². The summed E-state index contributed by atoms with van der Waals surface area (Å²) in [5.74, 6) is 0.794. The predicted molar refractivity (Wildman–Crippen MR) is 87.8 cm³/mol. The molecule has 1 aromatic heterocycles. The van der Waals surface area contributed by atoms with Crippen LogP contribution in [0.15, 0.2) is 24.5 Å². The molecule has 2 atom stereocenters. The highest BCUT2D eigenvalue weighted by molar-refractivity contribution is 5.82. The number of hydrogen-bond acceptors (Lipinski definition) is 4. The smallest absolute Gasteiger partial charge is 0.241 e. The Labute approximate surface area is 133 Å². The van der Waals surface area contributed by atoms with Gasteiger partial charge in [0.25, 0.3) is 0 Å². The zero-order valence-corrected chi connectivity index (χ0v) is 14.0. The van der Waals surface area contributed by atoms with Crippen LogP contribution in [0, 0.1) is 5.92 Å². The van der Waals surface area contributed by atoms with Crippen LogP contribution in [-0.4, -0.2) is 33.9 Å². The Morgan fingerprint density at radius 2 is 2.14 bits per heavy atom. The fourth-order valence-corrected chi connectivity index (χ4v) is 2.91. The Kier molecular flexibility index (Phi) is 5.91. The molecule has 2 N–H and O–H groups in total. The first kappa shape index (κ1) is 16.9. The third-order valence-electron chi connectivity index (χ3n) is 4.02. The molecule has 0 bridgehead atoms. The number of hydrogen-bond donors (Lipinski definition) is 2. The highest BCUT2D eigenvalue weighted by Gasteiger charge is 2.33. The van der Waals surface area contributed by atoms with Crippen molar-refractivity contribution in [2.24, 2.45) is 5.92 Å². The van der Waals surface area contributed by atoms with Crippen molar-refractivity contribution in [3.8, 4) is 0 Å². The van der Waals surface area contributed by atoms with Crippen molar-refractivity contribution in [2.75, 3.05) is 0 Å². The van der Waals surface area contributed by atoms with Crippen LogP contribution in [-0.2, 0) is 11.3 Å². The van der Waals surface area contributed by atoms with Crippen LogP contribution in [0.2, 0.25) is 0 Å². The van der Waals surface area contributed by atoms with Crippen molar-refractivity contribution in [1.82, 2.24) is 20.7 Å². The van der Waals surface area contributed by atoms with Gasteiger partial charge in [0.15, 0.2) is 0 Å². The molecule has 1 aromatic rings. The molecule has 1 saturated heterocycles. The monoisotopic (exact) mass is 304 g/mol. The number of nitrogens with zero attached hydrogens (tertiary/aromatic N) is 2. The molecule has 22 heavy (non-hydrogen) atoms. The number of carbonyl (C=O) groups excluding carboxylic acids is 1. The quantitative estimate of drug-likeness (QED) is 0.845. The van der Waals surface area contributed by atoms with E-state index in [1.165, 1.54) is 0 Å². The molecule has 0 saturated carbocycles. The SMILES string of the molecule is CC(C)CC1CC(C(=O)N(Cc2cccnc2)C(C)C)NN1. The van der Waals surface area contributed by atoms with Crippen molar-refractivity contribution in [2.45, 2.75) is 65.2 Å². The predicted octanol–water partition coefficient (Wildman–Crippen LogP) is 2.10. The lowest BCUT2D eigenvalue weighted by Gasteiger charge is -2.29. The van der Waals surface area contributed by atoms with Crippen LogP contribution in [0.4, 0.5) is 0 Å². The first-order chi connectivity index (χ1) is 10.5. The number of amides is 1. The largest absolute Gasteiger partial charge is 0.334 e. The molecule has 5 heteroatoms. The summed E-state index contributed by atoms with van der Waals surface area (Å²) >= 11 is 0. The summed E-state index contributed by atoms with van der Waals surface area (Å²) in [6.45, 7) is 9.14. The average molecular weight is 304 g/mol. The minimum atomic E-state index is -0.136. The molecule has 1 fully saturated rings. The second kappa shape index (κ2) is 7.70. The molecule has 122 valence electrons. The normalized spacial score (nSPS) is 21.5. The second-order valence-electron chi connectivity index (χ2n) is 6.82. The minimum Gasteiger partial charge on any atom is -0.334 e. The molecule has 0 radical (unpaired) electrons. The third-order valence-corrected chi connectivity index (χ3v) is 4.02. The number of hydrazine groups is 1. The van der Waals surface area contributed by atoms with Crippen LogP contribution < -0.4 is 10.9 Å². The van der Waals surface area contributed by atoms with Crippen LogP contribution in [0.3, 0.4) is 0 Å². The second-order valence-corrected chi connectivity index (χ2v) is 6.82. The van der Waals surface area contributed by atoms with Gasteiger partial charge in [-0.1, -0.05) is 19.9 Å². The molecular weight excluding hydrogens is 276 g/mol. The van der Waals surface area contributed by atoms with E-state index in [9.17, 15) is 4.79 Å². The summed E-state index contributed by atoms with van der Waals surface area (Å²) in [6, 6.07) is 4.33. The molecule has 0 aliphatic carbocycles. The fourth-order valence-electron chi connectivity index (χ4n) is 2.91. The van der Waals surface area contributed by atoms with E-state index < -0.39 is 0 Å². The number of rotatable bonds is 6. The molecule has 0 spiro atoms. The van der Waals surface area contributed by atoms with E-state index in [0.29, 0.717) is 18.5 Å². The fraction of sp³-hybridized carbons (Fsp3) is 0.647. The maximum Gasteiger partial charge on any atom is 0.241 e. The Morgan fingerprint density at radius 1 is 1.36 bits per heavy atom. The molecule has 2 heterocycles. The summed E-state index contributed by atoms with van der Waals surface area (Å²) in [6.07, 6.45) is 5.52. The zero-order valence-electron chi connectivity index (χ0n) is 14.0. The first-order valence-electron chi connectivity index (χ1n) is 8.17. The van der Waals surface area contributed by atoms with Gasteiger partial charge in [-0.3, -0.25) is 15.2 Å². The van der Waals surface area contributed by atoms with Gasteiger partial charge >= 0.3 is 0 Å². The van der Waals surface area contributed by atoms with E-state index in [1.807, 2.05) is 23.2 Å². The highest BCUT2D eigenvalue weighted by atomic mass is 16.2. The van der Waals surface area contributed by atoms with Gasteiger partial charge in [-0.05, 0) is 44.2 Å². The van der Waals surface area contributed by atoms with Crippen molar-refractivity contribution in [1.29, 1.82) is 0 Å². The molecular formula is C17H28N4O. The Bertz CT molecular complexity index is 475. The number of pyridine rings is 1. The van der Waals surface area contributed by atoms with Crippen LogP contribution in [0.25, 0.3) is 0 Å². The lowest BCUT2D eigenvalue weighted by molar-refractivity contribution is -0.135. The van der Waals surface area contributed by atoms with Gasteiger partial charge in [0.1, 0.15) is 6.04 Å². The van der Waals surface area contributed by atoms with Crippen molar-refractivity contribution >= 4 is 5.91 Å². The minimum absolute atomic E-state index is 0.136. The number of aromatic nitrogens is 1. The molecule has 2 rings (SSSR count). The van der Waals surface area contributed by atoms with E-state index >= 15 is 0 Å². The maximum absolute atomic E-state index is 12.8. The third kappa shape index (κ3) is 4.52. The van der Waals surface area contributed by atoms with Gasteiger partial charge in [-0.2, -0.15) is 0 Å². The van der Waals surface area contributed by atoms with Crippen molar-refractivity contribution < 1.29 is 4.79 Å². The van der Waals surface area contributed by atoms with Crippen LogP contribution in [0.1, 0.15) is 46.1 Å². The average Bonchev–Trinajstić information content (AvgIpc) is 2.92. The Hall–Kier alpha value is -1.46. The van der Waals surface area contributed by atoms with E-state index in [0.717, 1.165) is 18.4 Å². The van der Waals surface area contributed by atoms with Gasteiger partial charge < -0.3 is 4.90 Å². The summed E-state index contributed by atoms with van der Waals surface area (Å²) in [7, 11) is 0. The van der Waals surface area contributed by atoms with Crippen LogP contribution in [0.5, 0.6) is 0 Å². The summed E-state index contributed by atoms with van der Waals surface area (Å²) < 4.78 is 0. The maximum atomic E-state index is 12.8. The topological polar surface area (TPSA) is 57.3 Å². The molecule has 1 aliphatic heterocycles. The van der Waals surface area contributed by atoms with E-state index in [-0.39, 0.29) is 18.0 Å². The Balaban J connectivity index is 1.98. The standard InChI is InChI=1S/C17H28N4O/c1-12(2)8-15-9-16(20-19-15)17(22)21(13(3)4)11-14-6-5-7-18-10-14/h5-7,10,12-13,15-16,19-20H,8-9,11H2,1-4H3. The van der Waals surface area contributed by atoms with Gasteiger partial charge in [0.05, 0.1) is 0 Å². The summed E-state index contributed by atoms with van der Waals surface area (Å²) in [5, 5.41) is 0. The molecule has 5 nitrogen and oxygen atoms in total. The lowest BCUT2D eigenvalue weighted by Crippen LogP contribution is -2.48. The van der Waals surface area contributed by atoms with Crippen molar-refractivity contribution in [3.63, 3.8) is 0 Å². The van der Waals surface area contributed by atoms with Crippen LogP contribution >= 0.6 is 0 Å². The number of carbonyl (C=O) groups is 1. The van der Waals surface area contributed by atoms with Gasteiger partial charge in [0.2, 0.25) is 5.91 Å². The molecule has 1 aliphatic rings. The highest BCUT2D eigenvalue weighted by Crippen LogP contribution is 2.17. The van der Waals surface area contributed by atoms with E-state index in [4.69, 9.17) is 0 Å². The Morgan fingerprint density at radius 3 is 2.73 bits per heavy atom. The molecule has 2 unspecified atom stereocenters. The van der Waals surface area contributed by atoms with Gasteiger partial charge in [0, 0.05) is 31.0 Å². The van der Waals surface area contributed by atoms with Crippen molar-refractivity contribution in [3.05, 3.63) is 30.1 Å².